The van der Waals surface area contributed by atoms with Crippen molar-refractivity contribution < 1.29 is 26.3 Å². The van der Waals surface area contributed by atoms with E-state index in [2.05, 4.69) is 27.7 Å². The molecule has 19 heavy (non-hydrogen) atoms. The summed E-state index contributed by atoms with van der Waals surface area (Å²) in [7, 11) is 0. The molecule has 0 aromatic rings. The van der Waals surface area contributed by atoms with Gasteiger partial charge in [0.05, 0.1) is 0 Å². The third kappa shape index (κ3) is 10.1. The van der Waals surface area contributed by atoms with Gasteiger partial charge in [-0.2, -0.15) is 26.3 Å². The molecule has 0 aliphatic rings. The molecule has 0 heterocycles. The monoisotopic (exact) mass is 296 g/mol. The summed E-state index contributed by atoms with van der Waals surface area (Å²) in [6.45, 7) is 13.1. The zero-order valence-electron chi connectivity index (χ0n) is 13.0. The van der Waals surface area contributed by atoms with Crippen LogP contribution in [0.1, 0.15) is 61.8 Å². The van der Waals surface area contributed by atoms with Crippen LogP contribution in [-0.2, 0) is 0 Å². The van der Waals surface area contributed by atoms with E-state index < -0.39 is 17.8 Å². The van der Waals surface area contributed by atoms with Crippen molar-refractivity contribution in [2.75, 3.05) is 0 Å². The molecule has 0 rings (SSSR count). The highest BCUT2D eigenvalue weighted by molar-refractivity contribution is 4.84. The fourth-order valence-electron chi connectivity index (χ4n) is 0.161. The van der Waals surface area contributed by atoms with Crippen molar-refractivity contribution in [3.05, 3.63) is 0 Å². The molecule has 0 aliphatic heterocycles. The lowest BCUT2D eigenvalue weighted by Crippen LogP contribution is -2.44. The maximum absolute atomic E-state index is 11.6. The lowest BCUT2D eigenvalue weighted by atomic mass is 9.92. The van der Waals surface area contributed by atoms with Crippen LogP contribution in [0.25, 0.3) is 0 Å². The van der Waals surface area contributed by atoms with Crippen LogP contribution in [-0.4, -0.2) is 12.4 Å². The molecule has 0 bridgehead atoms. The molecule has 0 atom stereocenters. The molecule has 0 saturated heterocycles. The topological polar surface area (TPSA) is 0 Å². The van der Waals surface area contributed by atoms with Crippen molar-refractivity contribution in [2.24, 2.45) is 10.8 Å². The predicted octanol–water partition coefficient (Wildman–Crippen LogP) is 6.61. The van der Waals surface area contributed by atoms with E-state index in [0.717, 1.165) is 0 Å². The van der Waals surface area contributed by atoms with Gasteiger partial charge in [-0.25, -0.2) is 0 Å². The minimum atomic E-state index is -5.24. The fraction of sp³-hybridized carbons (Fsp3) is 1.00. The molecule has 0 aliphatic carbocycles. The average molecular weight is 296 g/mol. The molecule has 6 heteroatoms. The second-order valence-electron chi connectivity index (χ2n) is 5.53. The lowest BCUT2D eigenvalue weighted by Gasteiger charge is -2.29. The number of rotatable bonds is 0. The molecule has 0 amide bonds. The Bertz CT molecular complexity index is 201. The van der Waals surface area contributed by atoms with Crippen molar-refractivity contribution in [1.82, 2.24) is 0 Å². The van der Waals surface area contributed by atoms with Gasteiger partial charge in [0, 0.05) is 0 Å². The van der Waals surface area contributed by atoms with E-state index in [0.29, 0.717) is 5.41 Å². The summed E-state index contributed by atoms with van der Waals surface area (Å²) in [5.74, 6) is 0. The van der Waals surface area contributed by atoms with E-state index in [1.54, 1.807) is 0 Å². The second kappa shape index (κ2) is 8.00. The van der Waals surface area contributed by atoms with Gasteiger partial charge in [-0.15, -0.1) is 0 Å². The third-order valence-electron chi connectivity index (χ3n) is 2.48. The Labute approximate surface area is 112 Å². The molecule has 0 saturated carbocycles. The van der Waals surface area contributed by atoms with Crippen LogP contribution in [0.5, 0.6) is 0 Å². The van der Waals surface area contributed by atoms with E-state index in [1.807, 2.05) is 13.8 Å². The van der Waals surface area contributed by atoms with Crippen molar-refractivity contribution in [3.8, 4) is 0 Å². The first-order chi connectivity index (χ1) is 8.06. The first-order valence-electron chi connectivity index (χ1n) is 6.19. The van der Waals surface area contributed by atoms with Crippen molar-refractivity contribution in [2.45, 2.75) is 74.2 Å². The van der Waals surface area contributed by atoms with Gasteiger partial charge in [-0.3, -0.25) is 0 Å². The summed E-state index contributed by atoms with van der Waals surface area (Å²) in [4.78, 5) is 0. The summed E-state index contributed by atoms with van der Waals surface area (Å²) in [5.41, 5.74) is -3.08. The van der Waals surface area contributed by atoms with Crippen LogP contribution in [0.4, 0.5) is 26.3 Å². The Morgan fingerprint density at radius 3 is 0.789 bits per heavy atom. The van der Waals surface area contributed by atoms with Crippen molar-refractivity contribution in [3.63, 3.8) is 0 Å². The van der Waals surface area contributed by atoms with Crippen molar-refractivity contribution in [1.29, 1.82) is 0 Å². The standard InChI is InChI=1S/C6H14.C5H6F6.C2H6/c1-5-6(2,3)4;1-3(2,4(6,7)8)5(9,10)11;1-2/h5H2,1-4H3;1-2H3;1-2H3. The van der Waals surface area contributed by atoms with Gasteiger partial charge in [0.25, 0.3) is 0 Å². The maximum atomic E-state index is 11.6. The molecule has 0 nitrogen and oxygen atoms in total. The van der Waals surface area contributed by atoms with Gasteiger partial charge in [0.2, 0.25) is 0 Å². The Balaban J connectivity index is -0.000000271. The summed E-state index contributed by atoms with van der Waals surface area (Å²) in [5, 5.41) is 0. The average Bonchev–Trinajstić information content (AvgIpc) is 2.17. The molecule has 0 aromatic heterocycles. The van der Waals surface area contributed by atoms with Gasteiger partial charge in [0.15, 0.2) is 5.41 Å². The molecule has 0 spiro atoms. The van der Waals surface area contributed by atoms with Gasteiger partial charge in [-0.05, 0) is 19.3 Å². The quantitative estimate of drug-likeness (QED) is 0.441. The highest BCUT2D eigenvalue weighted by atomic mass is 19.4. The zero-order chi connectivity index (χ0) is 16.7. The number of halogens is 6. The largest absolute Gasteiger partial charge is 0.402 e. The van der Waals surface area contributed by atoms with Gasteiger partial charge < -0.3 is 0 Å². The Morgan fingerprint density at radius 1 is 0.632 bits per heavy atom. The molecular weight excluding hydrogens is 270 g/mol. The van der Waals surface area contributed by atoms with Crippen LogP contribution >= 0.6 is 0 Å². The maximum Gasteiger partial charge on any atom is 0.402 e. The van der Waals surface area contributed by atoms with Crippen LogP contribution < -0.4 is 0 Å². The second-order valence-corrected chi connectivity index (χ2v) is 5.53. The Morgan fingerprint density at radius 2 is 0.789 bits per heavy atom. The normalized spacial score (nSPS) is 12.9. The number of hydrogen-bond acceptors (Lipinski definition) is 0. The van der Waals surface area contributed by atoms with E-state index in [9.17, 15) is 26.3 Å². The van der Waals surface area contributed by atoms with Crippen LogP contribution in [0.3, 0.4) is 0 Å². The minimum Gasteiger partial charge on any atom is -0.170 e. The molecule has 0 radical (unpaired) electrons. The Kier molecular flexibility index (Phi) is 9.96. The summed E-state index contributed by atoms with van der Waals surface area (Å²) in [6, 6.07) is 0. The molecule has 0 unspecified atom stereocenters. The van der Waals surface area contributed by atoms with Crippen molar-refractivity contribution >= 4 is 0 Å². The van der Waals surface area contributed by atoms with E-state index >= 15 is 0 Å². The Hall–Kier alpha value is -0.420. The molecular formula is C13H26F6. The van der Waals surface area contributed by atoms with Crippen LogP contribution in [0.2, 0.25) is 0 Å². The van der Waals surface area contributed by atoms with Gasteiger partial charge in [-0.1, -0.05) is 48.0 Å². The van der Waals surface area contributed by atoms with E-state index in [4.69, 9.17) is 0 Å². The smallest absolute Gasteiger partial charge is 0.170 e. The van der Waals surface area contributed by atoms with Crippen LogP contribution in [0, 0.1) is 10.8 Å². The van der Waals surface area contributed by atoms with Crippen LogP contribution in [0.15, 0.2) is 0 Å². The molecule has 0 aromatic carbocycles. The van der Waals surface area contributed by atoms with Gasteiger partial charge in [0.1, 0.15) is 0 Å². The number of alkyl halides is 6. The molecule has 0 fully saturated rings. The summed E-state index contributed by atoms with van der Waals surface area (Å²) >= 11 is 0. The summed E-state index contributed by atoms with van der Waals surface area (Å²) in [6.07, 6.45) is -9.22. The molecule has 120 valence electrons. The minimum absolute atomic E-state index is 0.104. The van der Waals surface area contributed by atoms with E-state index in [1.165, 1.54) is 6.42 Å². The third-order valence-corrected chi connectivity index (χ3v) is 2.48. The fourth-order valence-corrected chi connectivity index (χ4v) is 0.161. The zero-order valence-corrected chi connectivity index (χ0v) is 13.0. The first-order valence-corrected chi connectivity index (χ1v) is 6.19. The first kappa shape index (κ1) is 23.7. The predicted molar refractivity (Wildman–Crippen MR) is 67.0 cm³/mol. The highest BCUT2D eigenvalue weighted by Gasteiger charge is 2.64. The highest BCUT2D eigenvalue weighted by Crippen LogP contribution is 2.49. The SMILES string of the molecule is CC.CC(C)(C(F)(F)F)C(F)(F)F.CCC(C)(C)C. The number of hydrogen-bond donors (Lipinski definition) is 0. The summed E-state index contributed by atoms with van der Waals surface area (Å²) < 4.78 is 69.7. The van der Waals surface area contributed by atoms with Gasteiger partial charge >= 0.3 is 12.4 Å². The lowest BCUT2D eigenvalue weighted by molar-refractivity contribution is -0.327. The molecule has 0 N–H and O–H groups in total. The van der Waals surface area contributed by atoms with E-state index in [-0.39, 0.29) is 13.8 Å².